The number of hydrogen-bond acceptors (Lipinski definition) is 2. The minimum Gasteiger partial charge on any atom is -0.477 e. The van der Waals surface area contributed by atoms with E-state index in [9.17, 15) is 9.59 Å². The molecule has 0 aliphatic carbocycles. The van der Waals surface area contributed by atoms with Crippen molar-refractivity contribution < 1.29 is 9.90 Å². The van der Waals surface area contributed by atoms with E-state index in [4.69, 9.17) is 16.7 Å². The second-order valence-electron chi connectivity index (χ2n) is 2.69. The number of hydrogen-bond donors (Lipinski definition) is 2. The van der Waals surface area contributed by atoms with Gasteiger partial charge in [0.25, 0.3) is 5.56 Å². The maximum atomic E-state index is 11.2. The number of nitrogens with one attached hydrogen (secondary N) is 1. The normalized spacial score (nSPS) is 10.6. The molecule has 0 aliphatic heterocycles. The van der Waals surface area contributed by atoms with E-state index in [0.29, 0.717) is 0 Å². The lowest BCUT2D eigenvalue weighted by molar-refractivity contribution is 0.0697. The van der Waals surface area contributed by atoms with Gasteiger partial charge in [0, 0.05) is 0 Å². The summed E-state index contributed by atoms with van der Waals surface area (Å²) >= 11 is 5.75. The molecule has 0 fully saturated rings. The molecule has 0 amide bonds. The van der Waals surface area contributed by atoms with Gasteiger partial charge in [-0.25, -0.2) is 9.31 Å². The lowest BCUT2D eigenvalue weighted by Crippen LogP contribution is -2.11. The Morgan fingerprint density at radius 2 is 2.21 bits per heavy atom. The molecule has 0 unspecified atom stereocenters. The number of aromatic amines is 1. The first-order valence-electron chi connectivity index (χ1n) is 3.74. The van der Waals surface area contributed by atoms with Crippen molar-refractivity contribution >= 4 is 23.1 Å². The van der Waals surface area contributed by atoms with Gasteiger partial charge in [0.15, 0.2) is 5.56 Å². The zero-order valence-electron chi connectivity index (χ0n) is 6.82. The highest BCUT2D eigenvalue weighted by atomic mass is 35.5. The fourth-order valence-corrected chi connectivity index (χ4v) is 1.48. The fourth-order valence-electron chi connectivity index (χ4n) is 1.27. The third-order valence-corrected chi connectivity index (χ3v) is 2.15. The van der Waals surface area contributed by atoms with Gasteiger partial charge < -0.3 is 5.11 Å². The summed E-state index contributed by atoms with van der Waals surface area (Å²) in [7, 11) is 0. The number of aromatic nitrogens is 2. The van der Waals surface area contributed by atoms with Crippen LogP contribution in [0.4, 0.5) is 0 Å². The monoisotopic (exact) mass is 212 g/mol. The SMILES string of the molecule is O=C(O)c1c(=O)[nH]n2c(Cl)cccc12. The number of nitrogens with zero attached hydrogens (tertiary/aromatic N) is 1. The number of aromatic carboxylic acids is 1. The quantitative estimate of drug-likeness (QED) is 0.692. The number of carboxylic acids is 1. The molecular formula is C8H5ClN2O3. The zero-order chi connectivity index (χ0) is 10.3. The number of carboxylic acid groups (broad SMARTS) is 1. The third-order valence-electron chi connectivity index (χ3n) is 1.85. The van der Waals surface area contributed by atoms with E-state index in [0.717, 1.165) is 0 Å². The largest absolute Gasteiger partial charge is 0.477 e. The van der Waals surface area contributed by atoms with Gasteiger partial charge in [-0.3, -0.25) is 9.89 Å². The van der Waals surface area contributed by atoms with Gasteiger partial charge in [0.1, 0.15) is 5.15 Å². The average molecular weight is 213 g/mol. The Morgan fingerprint density at radius 3 is 2.86 bits per heavy atom. The average Bonchev–Trinajstić information content (AvgIpc) is 2.42. The van der Waals surface area contributed by atoms with Crippen molar-refractivity contribution in [3.63, 3.8) is 0 Å². The first-order chi connectivity index (χ1) is 6.61. The Kier molecular flexibility index (Phi) is 1.82. The standard InChI is InChI=1S/C8H5ClN2O3/c9-5-3-1-2-4-6(8(13)14)7(12)10-11(4)5/h1-3H,(H,10,12)(H,13,14). The van der Waals surface area contributed by atoms with E-state index in [-0.39, 0.29) is 16.2 Å². The second kappa shape index (κ2) is 2.88. The van der Waals surface area contributed by atoms with Crippen LogP contribution in [0.5, 0.6) is 0 Å². The van der Waals surface area contributed by atoms with Crippen LogP contribution in [-0.4, -0.2) is 20.7 Å². The van der Waals surface area contributed by atoms with E-state index >= 15 is 0 Å². The first-order valence-corrected chi connectivity index (χ1v) is 4.11. The van der Waals surface area contributed by atoms with Crippen molar-refractivity contribution in [2.24, 2.45) is 0 Å². The fraction of sp³-hybridized carbons (Fsp3) is 0. The van der Waals surface area contributed by atoms with Crippen molar-refractivity contribution in [1.82, 2.24) is 9.61 Å². The summed E-state index contributed by atoms with van der Waals surface area (Å²) in [6.45, 7) is 0. The minimum atomic E-state index is -1.27. The van der Waals surface area contributed by atoms with Crippen LogP contribution in [0.1, 0.15) is 10.4 Å². The van der Waals surface area contributed by atoms with Crippen LogP contribution in [0.25, 0.3) is 5.52 Å². The van der Waals surface area contributed by atoms with Crippen LogP contribution in [0.15, 0.2) is 23.0 Å². The first kappa shape index (κ1) is 8.83. The number of pyridine rings is 1. The molecule has 5 nitrogen and oxygen atoms in total. The number of carbonyl (C=O) groups is 1. The lowest BCUT2D eigenvalue weighted by Gasteiger charge is -1.95. The van der Waals surface area contributed by atoms with Crippen molar-refractivity contribution in [2.75, 3.05) is 0 Å². The zero-order valence-corrected chi connectivity index (χ0v) is 7.58. The molecule has 14 heavy (non-hydrogen) atoms. The Labute approximate surface area is 82.5 Å². The van der Waals surface area contributed by atoms with Crippen LogP contribution in [0, 0.1) is 0 Å². The highest BCUT2D eigenvalue weighted by Crippen LogP contribution is 2.12. The molecule has 0 bridgehead atoms. The minimum absolute atomic E-state index is 0.257. The van der Waals surface area contributed by atoms with Crippen molar-refractivity contribution in [3.05, 3.63) is 39.3 Å². The number of H-pyrrole nitrogens is 1. The van der Waals surface area contributed by atoms with E-state index < -0.39 is 11.5 Å². The summed E-state index contributed by atoms with van der Waals surface area (Å²) in [5.41, 5.74) is -0.701. The van der Waals surface area contributed by atoms with Gasteiger partial charge in [0.05, 0.1) is 5.52 Å². The molecule has 0 radical (unpaired) electrons. The van der Waals surface area contributed by atoms with Gasteiger partial charge >= 0.3 is 5.97 Å². The number of rotatable bonds is 1. The Bertz CT molecular complexity index is 569. The van der Waals surface area contributed by atoms with Crippen molar-refractivity contribution in [2.45, 2.75) is 0 Å². The molecule has 0 saturated heterocycles. The summed E-state index contributed by atoms with van der Waals surface area (Å²) in [6.07, 6.45) is 0. The molecule has 2 aromatic heterocycles. The molecule has 2 N–H and O–H groups in total. The summed E-state index contributed by atoms with van der Waals surface area (Å²) in [4.78, 5) is 21.9. The predicted molar refractivity (Wildman–Crippen MR) is 50.0 cm³/mol. The molecule has 0 atom stereocenters. The maximum Gasteiger partial charge on any atom is 0.343 e. The maximum absolute atomic E-state index is 11.2. The molecule has 0 saturated carbocycles. The highest BCUT2D eigenvalue weighted by molar-refractivity contribution is 6.29. The van der Waals surface area contributed by atoms with Crippen LogP contribution in [0.2, 0.25) is 5.15 Å². The Morgan fingerprint density at radius 1 is 1.50 bits per heavy atom. The number of fused-ring (bicyclic) bond motifs is 1. The van der Waals surface area contributed by atoms with E-state index in [1.807, 2.05) is 0 Å². The summed E-state index contributed by atoms with van der Waals surface area (Å²) in [5.74, 6) is -1.27. The molecule has 72 valence electrons. The van der Waals surface area contributed by atoms with Crippen LogP contribution < -0.4 is 5.56 Å². The van der Waals surface area contributed by atoms with Crippen LogP contribution in [0.3, 0.4) is 0 Å². The van der Waals surface area contributed by atoms with Crippen LogP contribution >= 0.6 is 11.6 Å². The lowest BCUT2D eigenvalue weighted by atomic mass is 10.2. The molecule has 2 rings (SSSR count). The second-order valence-corrected chi connectivity index (χ2v) is 3.08. The van der Waals surface area contributed by atoms with Gasteiger partial charge in [0.2, 0.25) is 0 Å². The molecule has 0 aromatic carbocycles. The Balaban J connectivity index is 2.98. The summed E-state index contributed by atoms with van der Waals surface area (Å²) < 4.78 is 1.23. The molecule has 0 spiro atoms. The molecule has 6 heteroatoms. The van der Waals surface area contributed by atoms with Gasteiger partial charge in [-0.2, -0.15) is 0 Å². The highest BCUT2D eigenvalue weighted by Gasteiger charge is 2.16. The van der Waals surface area contributed by atoms with Crippen LogP contribution in [-0.2, 0) is 0 Å². The van der Waals surface area contributed by atoms with Crippen molar-refractivity contribution in [1.29, 1.82) is 0 Å². The third kappa shape index (κ3) is 1.10. The van der Waals surface area contributed by atoms with Gasteiger partial charge in [-0.1, -0.05) is 17.7 Å². The van der Waals surface area contributed by atoms with E-state index in [1.165, 1.54) is 10.6 Å². The molecule has 2 heterocycles. The Hall–Kier alpha value is -1.75. The smallest absolute Gasteiger partial charge is 0.343 e. The number of halogens is 1. The van der Waals surface area contributed by atoms with Gasteiger partial charge in [-0.05, 0) is 12.1 Å². The summed E-state index contributed by atoms with van der Waals surface area (Å²) in [6, 6.07) is 4.64. The molecule has 0 aliphatic rings. The molecular weight excluding hydrogens is 208 g/mol. The summed E-state index contributed by atoms with van der Waals surface area (Å²) in [5, 5.41) is 11.3. The van der Waals surface area contributed by atoms with E-state index in [2.05, 4.69) is 5.10 Å². The van der Waals surface area contributed by atoms with E-state index in [1.54, 1.807) is 12.1 Å². The van der Waals surface area contributed by atoms with Gasteiger partial charge in [-0.15, -0.1) is 0 Å². The topological polar surface area (TPSA) is 74.6 Å². The molecule has 2 aromatic rings. The predicted octanol–water partition coefficient (Wildman–Crippen LogP) is 0.979. The van der Waals surface area contributed by atoms with Crippen molar-refractivity contribution in [3.8, 4) is 0 Å².